The van der Waals surface area contributed by atoms with Crippen LogP contribution in [-0.4, -0.2) is 21.8 Å². The summed E-state index contributed by atoms with van der Waals surface area (Å²) >= 11 is 0. The molecule has 0 bridgehead atoms. The number of hydrogen-bond acceptors (Lipinski definition) is 5. The maximum atomic E-state index is 10.2. The molecule has 0 aliphatic carbocycles. The molecule has 3 aromatic rings. The lowest BCUT2D eigenvalue weighted by Gasteiger charge is -2.14. The van der Waals surface area contributed by atoms with E-state index in [4.69, 9.17) is 0 Å². The summed E-state index contributed by atoms with van der Waals surface area (Å²) < 4.78 is 0. The third-order valence-electron chi connectivity index (χ3n) is 3.43. The number of aliphatic hydroxyl groups excluding tert-OH is 1. The molecule has 0 saturated heterocycles. The summed E-state index contributed by atoms with van der Waals surface area (Å²) in [6, 6.07) is 18.9. The first-order chi connectivity index (χ1) is 10.8. The van der Waals surface area contributed by atoms with Crippen molar-refractivity contribution in [3.05, 3.63) is 65.9 Å². The second-order valence-corrected chi connectivity index (χ2v) is 4.86. The Morgan fingerprint density at radius 2 is 1.77 bits per heavy atom. The highest BCUT2D eigenvalue weighted by Crippen LogP contribution is 2.24. The molecule has 5 nitrogen and oxygen atoms in total. The highest BCUT2D eigenvalue weighted by molar-refractivity contribution is 5.92. The summed E-state index contributed by atoms with van der Waals surface area (Å²) in [5, 5.41) is 31.3. The van der Waals surface area contributed by atoms with Gasteiger partial charge >= 0.3 is 0 Å². The Bertz CT molecular complexity index is 827. The Balaban J connectivity index is 1.89. The number of nitriles is 1. The molecular weight excluding hydrogens is 276 g/mol. The van der Waals surface area contributed by atoms with E-state index in [-0.39, 0.29) is 12.2 Å². The van der Waals surface area contributed by atoms with Gasteiger partial charge in [0.1, 0.15) is 6.07 Å². The van der Waals surface area contributed by atoms with Crippen LogP contribution in [0.3, 0.4) is 0 Å². The second-order valence-electron chi connectivity index (χ2n) is 4.86. The molecule has 2 aromatic carbocycles. The molecule has 0 spiro atoms. The summed E-state index contributed by atoms with van der Waals surface area (Å²) in [7, 11) is 0. The van der Waals surface area contributed by atoms with Crippen molar-refractivity contribution in [1.82, 2.24) is 10.2 Å². The van der Waals surface area contributed by atoms with Crippen LogP contribution in [0.1, 0.15) is 17.4 Å². The number of nitrogens with one attached hydrogen (secondary N) is 1. The Morgan fingerprint density at radius 3 is 2.55 bits per heavy atom. The van der Waals surface area contributed by atoms with Crippen LogP contribution < -0.4 is 5.32 Å². The van der Waals surface area contributed by atoms with E-state index < -0.39 is 6.10 Å². The molecule has 0 saturated carbocycles. The number of benzene rings is 2. The topological polar surface area (TPSA) is 81.8 Å². The molecule has 0 radical (unpaired) electrons. The van der Waals surface area contributed by atoms with Gasteiger partial charge in [0.2, 0.25) is 0 Å². The Kier molecular flexibility index (Phi) is 3.95. The van der Waals surface area contributed by atoms with Crippen LogP contribution in [0.15, 0.2) is 54.6 Å². The van der Waals surface area contributed by atoms with Gasteiger partial charge in [0.15, 0.2) is 5.69 Å². The fourth-order valence-corrected chi connectivity index (χ4v) is 2.30. The Hall–Kier alpha value is -2.97. The zero-order valence-electron chi connectivity index (χ0n) is 11.8. The molecule has 5 heteroatoms. The lowest BCUT2D eigenvalue weighted by molar-refractivity contribution is 0.191. The van der Waals surface area contributed by atoms with Crippen molar-refractivity contribution in [1.29, 1.82) is 5.26 Å². The maximum Gasteiger partial charge on any atom is 0.186 e. The minimum absolute atomic E-state index is 0.221. The predicted octanol–water partition coefficient (Wildman–Crippen LogP) is 2.65. The van der Waals surface area contributed by atoms with Gasteiger partial charge < -0.3 is 10.4 Å². The number of aliphatic hydroxyl groups is 1. The van der Waals surface area contributed by atoms with Crippen LogP contribution in [-0.2, 0) is 0 Å². The molecule has 2 N–H and O–H groups in total. The molecule has 0 amide bonds. The van der Waals surface area contributed by atoms with Crippen LogP contribution in [0.5, 0.6) is 0 Å². The highest BCUT2D eigenvalue weighted by Gasteiger charge is 2.12. The molecule has 1 atom stereocenters. The summed E-state index contributed by atoms with van der Waals surface area (Å²) in [6.45, 7) is 0.286. The summed E-state index contributed by atoms with van der Waals surface area (Å²) in [5.41, 5.74) is 2.35. The van der Waals surface area contributed by atoms with E-state index in [0.29, 0.717) is 11.2 Å². The third kappa shape index (κ3) is 2.73. The van der Waals surface area contributed by atoms with Crippen molar-refractivity contribution in [2.45, 2.75) is 6.10 Å². The van der Waals surface area contributed by atoms with Gasteiger partial charge in [-0.2, -0.15) is 5.26 Å². The zero-order chi connectivity index (χ0) is 15.4. The van der Waals surface area contributed by atoms with Crippen molar-refractivity contribution in [3.8, 4) is 6.07 Å². The van der Waals surface area contributed by atoms with Gasteiger partial charge in [0.05, 0.1) is 17.3 Å². The SMILES string of the molecule is N#Cc1nnc2ccccc2c1NCC(O)c1ccccc1. The van der Waals surface area contributed by atoms with Crippen molar-refractivity contribution >= 4 is 16.6 Å². The van der Waals surface area contributed by atoms with Crippen molar-refractivity contribution in [2.75, 3.05) is 11.9 Å². The molecule has 0 aliphatic heterocycles. The smallest absolute Gasteiger partial charge is 0.186 e. The van der Waals surface area contributed by atoms with E-state index in [1.165, 1.54) is 0 Å². The van der Waals surface area contributed by atoms with Gasteiger partial charge in [-0.1, -0.05) is 48.5 Å². The first-order valence-electron chi connectivity index (χ1n) is 6.92. The molecule has 3 rings (SSSR count). The highest BCUT2D eigenvalue weighted by atomic mass is 16.3. The number of hydrogen-bond donors (Lipinski definition) is 2. The molecule has 0 fully saturated rings. The van der Waals surface area contributed by atoms with Crippen LogP contribution in [0, 0.1) is 11.3 Å². The van der Waals surface area contributed by atoms with Gasteiger partial charge in [0.25, 0.3) is 0 Å². The number of nitrogens with zero attached hydrogens (tertiary/aromatic N) is 3. The maximum absolute atomic E-state index is 10.2. The Labute approximate surface area is 127 Å². The average molecular weight is 290 g/mol. The van der Waals surface area contributed by atoms with Crippen LogP contribution in [0.25, 0.3) is 10.9 Å². The molecule has 108 valence electrons. The molecule has 1 unspecified atom stereocenters. The van der Waals surface area contributed by atoms with Gasteiger partial charge in [0, 0.05) is 11.9 Å². The van der Waals surface area contributed by atoms with Crippen molar-refractivity contribution < 1.29 is 5.11 Å². The van der Waals surface area contributed by atoms with Gasteiger partial charge in [-0.05, 0) is 11.6 Å². The molecule has 1 heterocycles. The number of aromatic nitrogens is 2. The van der Waals surface area contributed by atoms with E-state index in [0.717, 1.165) is 10.9 Å². The number of anilines is 1. The van der Waals surface area contributed by atoms with Gasteiger partial charge in [-0.25, -0.2) is 0 Å². The molecule has 1 aromatic heterocycles. The van der Waals surface area contributed by atoms with E-state index in [2.05, 4.69) is 15.5 Å². The first-order valence-corrected chi connectivity index (χ1v) is 6.92. The fourth-order valence-electron chi connectivity index (χ4n) is 2.30. The van der Waals surface area contributed by atoms with Crippen molar-refractivity contribution in [2.24, 2.45) is 0 Å². The first kappa shape index (κ1) is 14.0. The van der Waals surface area contributed by atoms with Gasteiger partial charge in [-0.15, -0.1) is 10.2 Å². The normalized spacial score (nSPS) is 11.8. The monoisotopic (exact) mass is 290 g/mol. The number of rotatable bonds is 4. The number of fused-ring (bicyclic) bond motifs is 1. The third-order valence-corrected chi connectivity index (χ3v) is 3.43. The molecule has 0 aliphatic rings. The van der Waals surface area contributed by atoms with E-state index in [1.807, 2.05) is 60.7 Å². The van der Waals surface area contributed by atoms with Crippen LogP contribution >= 0.6 is 0 Å². The van der Waals surface area contributed by atoms with E-state index in [9.17, 15) is 10.4 Å². The standard InChI is InChI=1S/C17H14N4O/c18-10-15-17(13-8-4-5-9-14(13)20-21-15)19-11-16(22)12-6-2-1-3-7-12/h1-9,16,22H,11H2,(H,19,20). The second kappa shape index (κ2) is 6.20. The fraction of sp³-hybridized carbons (Fsp3) is 0.118. The summed E-state index contributed by atoms with van der Waals surface area (Å²) in [6.07, 6.45) is -0.667. The van der Waals surface area contributed by atoms with Crippen molar-refractivity contribution in [3.63, 3.8) is 0 Å². The van der Waals surface area contributed by atoms with Gasteiger partial charge in [-0.3, -0.25) is 0 Å². The van der Waals surface area contributed by atoms with E-state index in [1.54, 1.807) is 0 Å². The van der Waals surface area contributed by atoms with Crippen LogP contribution in [0.4, 0.5) is 5.69 Å². The quantitative estimate of drug-likeness (QED) is 0.772. The summed E-state index contributed by atoms with van der Waals surface area (Å²) in [5.74, 6) is 0. The van der Waals surface area contributed by atoms with Crippen LogP contribution in [0.2, 0.25) is 0 Å². The predicted molar refractivity (Wildman–Crippen MR) is 84.1 cm³/mol. The minimum atomic E-state index is -0.667. The minimum Gasteiger partial charge on any atom is -0.387 e. The zero-order valence-corrected chi connectivity index (χ0v) is 11.8. The lowest BCUT2D eigenvalue weighted by atomic mass is 10.1. The molecule has 22 heavy (non-hydrogen) atoms. The summed E-state index contributed by atoms with van der Waals surface area (Å²) in [4.78, 5) is 0. The average Bonchev–Trinajstić information content (AvgIpc) is 2.60. The largest absolute Gasteiger partial charge is 0.387 e. The lowest BCUT2D eigenvalue weighted by Crippen LogP contribution is -2.14. The Morgan fingerprint density at radius 1 is 1.05 bits per heavy atom. The van der Waals surface area contributed by atoms with E-state index >= 15 is 0 Å². The molecular formula is C17H14N4O.